The predicted octanol–water partition coefficient (Wildman–Crippen LogP) is 2.12. The van der Waals surface area contributed by atoms with Gasteiger partial charge in [-0.2, -0.15) is 4.37 Å². The molecular weight excluding hydrogens is 246 g/mol. The summed E-state index contributed by atoms with van der Waals surface area (Å²) in [6, 6.07) is 10.1. The molecular formula is C13H17N3OS. The monoisotopic (exact) mass is 263 g/mol. The van der Waals surface area contributed by atoms with Crippen LogP contribution in [0.2, 0.25) is 0 Å². The van der Waals surface area contributed by atoms with Crippen molar-refractivity contribution < 1.29 is 5.11 Å². The van der Waals surface area contributed by atoms with Gasteiger partial charge in [-0.05, 0) is 12.0 Å². The van der Waals surface area contributed by atoms with Crippen LogP contribution in [0.3, 0.4) is 0 Å². The molecule has 1 aromatic heterocycles. The fourth-order valence-electron chi connectivity index (χ4n) is 1.69. The van der Waals surface area contributed by atoms with Crippen molar-refractivity contribution in [1.29, 1.82) is 0 Å². The van der Waals surface area contributed by atoms with Crippen molar-refractivity contribution in [3.05, 3.63) is 41.7 Å². The van der Waals surface area contributed by atoms with Gasteiger partial charge in [-0.15, -0.1) is 0 Å². The van der Waals surface area contributed by atoms with Crippen molar-refractivity contribution in [1.82, 2.24) is 9.36 Å². The average molecular weight is 263 g/mol. The highest BCUT2D eigenvalue weighted by Crippen LogP contribution is 2.14. The standard InChI is InChI=1S/C13H17N3OS/c1-2-12-15-13(18-16-12)14-11(9-17)8-10-6-4-3-5-7-10/h3-7,11,17H,2,8-9H2,1H3,(H,14,15,16). The van der Waals surface area contributed by atoms with E-state index in [4.69, 9.17) is 0 Å². The molecule has 18 heavy (non-hydrogen) atoms. The summed E-state index contributed by atoms with van der Waals surface area (Å²) in [7, 11) is 0. The number of nitrogens with one attached hydrogen (secondary N) is 1. The van der Waals surface area contributed by atoms with E-state index in [0.29, 0.717) is 0 Å². The molecule has 0 fully saturated rings. The lowest BCUT2D eigenvalue weighted by atomic mass is 10.1. The minimum Gasteiger partial charge on any atom is -0.394 e. The maximum Gasteiger partial charge on any atom is 0.202 e. The number of hydrogen-bond acceptors (Lipinski definition) is 5. The summed E-state index contributed by atoms with van der Waals surface area (Å²) < 4.78 is 4.22. The number of anilines is 1. The van der Waals surface area contributed by atoms with Crippen LogP contribution < -0.4 is 5.32 Å². The Kier molecular flexibility index (Phi) is 4.66. The third-order valence-corrected chi connectivity index (χ3v) is 3.34. The molecule has 1 unspecified atom stereocenters. The largest absolute Gasteiger partial charge is 0.394 e. The summed E-state index contributed by atoms with van der Waals surface area (Å²) in [5, 5.41) is 13.4. The van der Waals surface area contributed by atoms with E-state index in [1.807, 2.05) is 25.1 Å². The lowest BCUT2D eigenvalue weighted by molar-refractivity contribution is 0.273. The Bertz CT molecular complexity index is 472. The van der Waals surface area contributed by atoms with Gasteiger partial charge in [0.05, 0.1) is 12.6 Å². The molecule has 5 heteroatoms. The fourth-order valence-corrected chi connectivity index (χ4v) is 2.42. The molecule has 96 valence electrons. The highest BCUT2D eigenvalue weighted by Gasteiger charge is 2.11. The van der Waals surface area contributed by atoms with Crippen LogP contribution in [0.4, 0.5) is 5.13 Å². The predicted molar refractivity (Wildman–Crippen MR) is 73.9 cm³/mol. The Hall–Kier alpha value is -1.46. The Morgan fingerprint density at radius 2 is 2.11 bits per heavy atom. The van der Waals surface area contributed by atoms with Gasteiger partial charge in [0.15, 0.2) is 0 Å². The van der Waals surface area contributed by atoms with Crippen LogP contribution in [-0.4, -0.2) is 27.1 Å². The minimum atomic E-state index is -0.0231. The van der Waals surface area contributed by atoms with Crippen molar-refractivity contribution in [2.45, 2.75) is 25.8 Å². The molecule has 0 radical (unpaired) electrons. The van der Waals surface area contributed by atoms with Crippen molar-refractivity contribution in [2.75, 3.05) is 11.9 Å². The summed E-state index contributed by atoms with van der Waals surface area (Å²) >= 11 is 1.35. The van der Waals surface area contributed by atoms with Crippen molar-refractivity contribution in [2.24, 2.45) is 0 Å². The molecule has 1 atom stereocenters. The summed E-state index contributed by atoms with van der Waals surface area (Å²) in [6.45, 7) is 2.11. The van der Waals surface area contributed by atoms with E-state index < -0.39 is 0 Å². The molecule has 2 rings (SSSR count). The van der Waals surface area contributed by atoms with Gasteiger partial charge in [0.2, 0.25) is 5.13 Å². The zero-order chi connectivity index (χ0) is 12.8. The van der Waals surface area contributed by atoms with Crippen LogP contribution in [0.1, 0.15) is 18.3 Å². The van der Waals surface area contributed by atoms with Gasteiger partial charge in [-0.1, -0.05) is 37.3 Å². The van der Waals surface area contributed by atoms with E-state index in [-0.39, 0.29) is 12.6 Å². The van der Waals surface area contributed by atoms with Crippen LogP contribution in [0.25, 0.3) is 0 Å². The second kappa shape index (κ2) is 6.47. The molecule has 1 heterocycles. The van der Waals surface area contributed by atoms with Crippen LogP contribution in [0, 0.1) is 0 Å². The molecule has 4 nitrogen and oxygen atoms in total. The summed E-state index contributed by atoms with van der Waals surface area (Å²) in [5.41, 5.74) is 1.20. The first-order chi connectivity index (χ1) is 8.81. The molecule has 0 aliphatic heterocycles. The summed E-state index contributed by atoms with van der Waals surface area (Å²) in [5.74, 6) is 0.846. The van der Waals surface area contributed by atoms with E-state index in [1.54, 1.807) is 0 Å². The van der Waals surface area contributed by atoms with E-state index in [1.165, 1.54) is 17.1 Å². The third-order valence-electron chi connectivity index (χ3n) is 2.66. The Balaban J connectivity index is 1.97. The van der Waals surface area contributed by atoms with Gasteiger partial charge < -0.3 is 10.4 Å². The molecule has 0 saturated carbocycles. The van der Waals surface area contributed by atoms with E-state index in [2.05, 4.69) is 26.8 Å². The van der Waals surface area contributed by atoms with Crippen molar-refractivity contribution in [3.8, 4) is 0 Å². The number of nitrogens with zero attached hydrogens (tertiary/aromatic N) is 2. The van der Waals surface area contributed by atoms with Crippen LogP contribution >= 0.6 is 11.5 Å². The second-order valence-corrected chi connectivity index (χ2v) is 4.83. The SMILES string of the molecule is CCc1nsc(NC(CO)Cc2ccccc2)n1. The molecule has 1 aromatic carbocycles. The Morgan fingerprint density at radius 3 is 2.72 bits per heavy atom. The average Bonchev–Trinajstić information content (AvgIpc) is 2.87. The van der Waals surface area contributed by atoms with Crippen molar-refractivity contribution >= 4 is 16.7 Å². The summed E-state index contributed by atoms with van der Waals surface area (Å²) in [6.07, 6.45) is 1.61. The quantitative estimate of drug-likeness (QED) is 0.838. The van der Waals surface area contributed by atoms with Crippen LogP contribution in [-0.2, 0) is 12.8 Å². The van der Waals surface area contributed by atoms with Gasteiger partial charge >= 0.3 is 0 Å². The molecule has 0 aliphatic rings. The highest BCUT2D eigenvalue weighted by molar-refractivity contribution is 7.09. The first-order valence-electron chi connectivity index (χ1n) is 6.05. The highest BCUT2D eigenvalue weighted by atomic mass is 32.1. The van der Waals surface area contributed by atoms with E-state index in [0.717, 1.165) is 23.8 Å². The Labute approximate surface area is 111 Å². The van der Waals surface area contributed by atoms with Gasteiger partial charge in [-0.25, -0.2) is 4.98 Å². The smallest absolute Gasteiger partial charge is 0.202 e. The lowest BCUT2D eigenvalue weighted by Crippen LogP contribution is -2.26. The van der Waals surface area contributed by atoms with Crippen LogP contribution in [0.15, 0.2) is 30.3 Å². The number of rotatable bonds is 6. The first-order valence-corrected chi connectivity index (χ1v) is 6.83. The van der Waals surface area contributed by atoms with Crippen LogP contribution in [0.5, 0.6) is 0 Å². The number of aliphatic hydroxyl groups is 1. The van der Waals surface area contributed by atoms with E-state index >= 15 is 0 Å². The molecule has 0 saturated heterocycles. The molecule has 2 aromatic rings. The zero-order valence-electron chi connectivity index (χ0n) is 10.3. The molecule has 0 amide bonds. The molecule has 2 N–H and O–H groups in total. The van der Waals surface area contributed by atoms with E-state index in [9.17, 15) is 5.11 Å². The molecule has 0 aliphatic carbocycles. The van der Waals surface area contributed by atoms with Gasteiger partial charge in [0.1, 0.15) is 5.82 Å². The third kappa shape index (κ3) is 3.51. The molecule has 0 bridgehead atoms. The second-order valence-electron chi connectivity index (χ2n) is 4.08. The minimum absolute atomic E-state index is 0.0231. The number of aliphatic hydroxyl groups excluding tert-OH is 1. The number of aryl methyl sites for hydroxylation is 1. The summed E-state index contributed by atoms with van der Waals surface area (Å²) in [4.78, 5) is 4.34. The fraction of sp³-hybridized carbons (Fsp3) is 0.385. The zero-order valence-corrected chi connectivity index (χ0v) is 11.2. The number of aromatic nitrogens is 2. The van der Waals surface area contributed by atoms with Gasteiger partial charge in [0, 0.05) is 18.0 Å². The number of hydrogen-bond donors (Lipinski definition) is 2. The normalized spacial score (nSPS) is 12.3. The Morgan fingerprint density at radius 1 is 1.33 bits per heavy atom. The van der Waals surface area contributed by atoms with Gasteiger partial charge in [0.25, 0.3) is 0 Å². The molecule has 0 spiro atoms. The van der Waals surface area contributed by atoms with Gasteiger partial charge in [-0.3, -0.25) is 0 Å². The lowest BCUT2D eigenvalue weighted by Gasteiger charge is -2.15. The maximum absolute atomic E-state index is 9.41. The topological polar surface area (TPSA) is 58.0 Å². The first kappa shape index (κ1) is 13.0. The van der Waals surface area contributed by atoms with Crippen molar-refractivity contribution in [3.63, 3.8) is 0 Å². The maximum atomic E-state index is 9.41. The number of benzene rings is 1.